The Morgan fingerprint density at radius 1 is 1.11 bits per heavy atom. The highest BCUT2D eigenvalue weighted by atomic mass is 16.5. The standard InChI is InChI=1S/C16H27NO/c1-5-7-16(12-17-10-6-2)18-15-9-8-13(3)14(4)11-15/h8-9,11,16-17H,5-7,10,12H2,1-4H3. The molecule has 1 rings (SSSR count). The minimum absolute atomic E-state index is 0.281. The van der Waals surface area contributed by atoms with Gasteiger partial charge in [0.25, 0.3) is 0 Å². The van der Waals surface area contributed by atoms with Crippen LogP contribution in [0.25, 0.3) is 0 Å². The number of hydrogen-bond donors (Lipinski definition) is 1. The molecule has 0 fully saturated rings. The maximum absolute atomic E-state index is 6.07. The molecule has 1 aromatic carbocycles. The van der Waals surface area contributed by atoms with E-state index in [-0.39, 0.29) is 6.10 Å². The fourth-order valence-electron chi connectivity index (χ4n) is 1.94. The van der Waals surface area contributed by atoms with Crippen molar-refractivity contribution in [2.24, 2.45) is 0 Å². The topological polar surface area (TPSA) is 21.3 Å². The molecule has 1 N–H and O–H groups in total. The van der Waals surface area contributed by atoms with Crippen molar-refractivity contribution in [1.29, 1.82) is 0 Å². The first-order chi connectivity index (χ1) is 8.67. The Balaban J connectivity index is 2.55. The van der Waals surface area contributed by atoms with Gasteiger partial charge in [0.1, 0.15) is 11.9 Å². The molecule has 0 amide bonds. The second kappa shape index (κ2) is 8.15. The van der Waals surface area contributed by atoms with E-state index in [1.54, 1.807) is 0 Å². The lowest BCUT2D eigenvalue weighted by Gasteiger charge is -2.19. The van der Waals surface area contributed by atoms with Crippen molar-refractivity contribution in [3.8, 4) is 5.75 Å². The van der Waals surface area contributed by atoms with Gasteiger partial charge in [0.2, 0.25) is 0 Å². The summed E-state index contributed by atoms with van der Waals surface area (Å²) in [5.74, 6) is 0.995. The fraction of sp³-hybridized carbons (Fsp3) is 0.625. The van der Waals surface area contributed by atoms with Crippen LogP contribution in [0.1, 0.15) is 44.2 Å². The highest BCUT2D eigenvalue weighted by Crippen LogP contribution is 2.18. The zero-order chi connectivity index (χ0) is 13.4. The summed E-state index contributed by atoms with van der Waals surface area (Å²) in [5, 5.41) is 3.44. The molecule has 0 heterocycles. The molecule has 2 heteroatoms. The molecule has 2 nitrogen and oxygen atoms in total. The zero-order valence-corrected chi connectivity index (χ0v) is 12.3. The van der Waals surface area contributed by atoms with Gasteiger partial charge in [-0.25, -0.2) is 0 Å². The smallest absolute Gasteiger partial charge is 0.120 e. The largest absolute Gasteiger partial charge is 0.489 e. The molecule has 0 spiro atoms. The van der Waals surface area contributed by atoms with Gasteiger partial charge in [0.15, 0.2) is 0 Å². The second-order valence-electron chi connectivity index (χ2n) is 4.98. The van der Waals surface area contributed by atoms with Gasteiger partial charge in [-0.1, -0.05) is 26.3 Å². The molecule has 0 aliphatic heterocycles. The normalized spacial score (nSPS) is 12.4. The van der Waals surface area contributed by atoms with Crippen LogP contribution in [0.3, 0.4) is 0 Å². The predicted octanol–water partition coefficient (Wildman–Crippen LogP) is 3.85. The van der Waals surface area contributed by atoms with Gasteiger partial charge in [-0.15, -0.1) is 0 Å². The van der Waals surface area contributed by atoms with Gasteiger partial charge in [-0.2, -0.15) is 0 Å². The molecule has 0 aliphatic rings. The van der Waals surface area contributed by atoms with E-state index in [1.165, 1.54) is 17.5 Å². The first kappa shape index (κ1) is 15.0. The zero-order valence-electron chi connectivity index (χ0n) is 12.3. The van der Waals surface area contributed by atoms with Crippen molar-refractivity contribution in [2.75, 3.05) is 13.1 Å². The van der Waals surface area contributed by atoms with Crippen molar-refractivity contribution in [1.82, 2.24) is 5.32 Å². The summed E-state index contributed by atoms with van der Waals surface area (Å²) < 4.78 is 6.07. The molecule has 0 saturated carbocycles. The van der Waals surface area contributed by atoms with Crippen LogP contribution in [-0.4, -0.2) is 19.2 Å². The Morgan fingerprint density at radius 2 is 1.89 bits per heavy atom. The van der Waals surface area contributed by atoms with Crippen molar-refractivity contribution >= 4 is 0 Å². The van der Waals surface area contributed by atoms with Crippen molar-refractivity contribution in [2.45, 2.75) is 53.1 Å². The molecule has 0 radical (unpaired) electrons. The van der Waals surface area contributed by atoms with Crippen molar-refractivity contribution in [3.05, 3.63) is 29.3 Å². The summed E-state index contributed by atoms with van der Waals surface area (Å²) >= 11 is 0. The third-order valence-corrected chi connectivity index (χ3v) is 3.19. The van der Waals surface area contributed by atoms with Crippen LogP contribution < -0.4 is 10.1 Å². The third-order valence-electron chi connectivity index (χ3n) is 3.19. The number of benzene rings is 1. The summed E-state index contributed by atoms with van der Waals surface area (Å²) in [6.07, 6.45) is 3.71. The average Bonchev–Trinajstić information content (AvgIpc) is 2.34. The third kappa shape index (κ3) is 5.09. The monoisotopic (exact) mass is 249 g/mol. The van der Waals surface area contributed by atoms with Crippen LogP contribution in [-0.2, 0) is 0 Å². The van der Waals surface area contributed by atoms with Crippen LogP contribution in [0.15, 0.2) is 18.2 Å². The molecular weight excluding hydrogens is 222 g/mol. The van der Waals surface area contributed by atoms with E-state index in [2.05, 4.69) is 51.2 Å². The van der Waals surface area contributed by atoms with Crippen LogP contribution in [0.2, 0.25) is 0 Å². The molecule has 1 unspecified atom stereocenters. The molecule has 0 aliphatic carbocycles. The van der Waals surface area contributed by atoms with Crippen molar-refractivity contribution in [3.63, 3.8) is 0 Å². The number of aryl methyl sites for hydroxylation is 2. The van der Waals surface area contributed by atoms with E-state index >= 15 is 0 Å². The van der Waals surface area contributed by atoms with Gasteiger partial charge in [-0.3, -0.25) is 0 Å². The summed E-state index contributed by atoms with van der Waals surface area (Å²) in [7, 11) is 0. The summed E-state index contributed by atoms with van der Waals surface area (Å²) in [4.78, 5) is 0. The Kier molecular flexibility index (Phi) is 6.81. The van der Waals surface area contributed by atoms with Crippen LogP contribution in [0.4, 0.5) is 0 Å². The molecule has 102 valence electrons. The molecule has 0 bridgehead atoms. The number of nitrogens with one attached hydrogen (secondary N) is 1. The van der Waals surface area contributed by atoms with Crippen LogP contribution in [0.5, 0.6) is 5.75 Å². The maximum atomic E-state index is 6.07. The average molecular weight is 249 g/mol. The minimum Gasteiger partial charge on any atom is -0.489 e. The van der Waals surface area contributed by atoms with E-state index in [0.29, 0.717) is 0 Å². The molecule has 0 aromatic heterocycles. The number of hydrogen-bond acceptors (Lipinski definition) is 2. The molecular formula is C16H27NO. The first-order valence-corrected chi connectivity index (χ1v) is 7.12. The fourth-order valence-corrected chi connectivity index (χ4v) is 1.94. The van der Waals surface area contributed by atoms with E-state index in [4.69, 9.17) is 4.74 Å². The highest BCUT2D eigenvalue weighted by molar-refractivity contribution is 5.33. The van der Waals surface area contributed by atoms with E-state index < -0.39 is 0 Å². The van der Waals surface area contributed by atoms with Crippen LogP contribution >= 0.6 is 0 Å². The Bertz CT molecular complexity index is 349. The minimum atomic E-state index is 0.281. The van der Waals surface area contributed by atoms with Gasteiger partial charge in [0.05, 0.1) is 0 Å². The van der Waals surface area contributed by atoms with Gasteiger partial charge < -0.3 is 10.1 Å². The van der Waals surface area contributed by atoms with E-state index in [9.17, 15) is 0 Å². The molecule has 1 aromatic rings. The Hall–Kier alpha value is -1.02. The summed E-state index contributed by atoms with van der Waals surface area (Å²) in [5.41, 5.74) is 2.61. The second-order valence-corrected chi connectivity index (χ2v) is 4.98. The molecule has 1 atom stereocenters. The van der Waals surface area contributed by atoms with Gasteiger partial charge in [0, 0.05) is 6.54 Å². The van der Waals surface area contributed by atoms with E-state index in [1.807, 2.05) is 0 Å². The maximum Gasteiger partial charge on any atom is 0.120 e. The Labute approximate surface area is 112 Å². The summed E-state index contributed by atoms with van der Waals surface area (Å²) in [6.45, 7) is 10.7. The lowest BCUT2D eigenvalue weighted by atomic mass is 10.1. The molecule has 18 heavy (non-hydrogen) atoms. The van der Waals surface area contributed by atoms with Gasteiger partial charge in [-0.05, 0) is 56.5 Å². The Morgan fingerprint density at radius 3 is 2.50 bits per heavy atom. The lowest BCUT2D eigenvalue weighted by molar-refractivity contribution is 0.186. The summed E-state index contributed by atoms with van der Waals surface area (Å²) in [6, 6.07) is 6.34. The highest BCUT2D eigenvalue weighted by Gasteiger charge is 2.09. The first-order valence-electron chi connectivity index (χ1n) is 7.12. The predicted molar refractivity (Wildman–Crippen MR) is 78.4 cm³/mol. The quantitative estimate of drug-likeness (QED) is 0.707. The lowest BCUT2D eigenvalue weighted by Crippen LogP contribution is -2.31. The number of rotatable bonds is 8. The van der Waals surface area contributed by atoms with Crippen LogP contribution in [0, 0.1) is 13.8 Å². The van der Waals surface area contributed by atoms with Crippen molar-refractivity contribution < 1.29 is 4.74 Å². The molecule has 0 saturated heterocycles. The SMILES string of the molecule is CCCNCC(CCC)Oc1ccc(C)c(C)c1. The number of ether oxygens (including phenoxy) is 1. The van der Waals surface area contributed by atoms with E-state index in [0.717, 1.165) is 31.7 Å². The van der Waals surface area contributed by atoms with Gasteiger partial charge >= 0.3 is 0 Å².